The standard InChI is InChI=1S/C9H14N2O/c1-3-11-7-8(6-10-11)9(12-2)4-5-9/h6-7H,3-5H2,1-2H3. The first kappa shape index (κ1) is 7.80. The van der Waals surface area contributed by atoms with Gasteiger partial charge in [0.2, 0.25) is 0 Å². The van der Waals surface area contributed by atoms with Gasteiger partial charge in [0.05, 0.1) is 11.8 Å². The fourth-order valence-corrected chi connectivity index (χ4v) is 1.50. The molecular formula is C9H14N2O. The lowest BCUT2D eigenvalue weighted by Crippen LogP contribution is -2.07. The lowest BCUT2D eigenvalue weighted by molar-refractivity contribution is 0.0788. The van der Waals surface area contributed by atoms with E-state index in [4.69, 9.17) is 4.74 Å². The van der Waals surface area contributed by atoms with Crippen LogP contribution in [0.15, 0.2) is 12.4 Å². The van der Waals surface area contributed by atoms with Crippen molar-refractivity contribution < 1.29 is 4.74 Å². The third-order valence-corrected chi connectivity index (χ3v) is 2.58. The molecule has 66 valence electrons. The van der Waals surface area contributed by atoms with Crippen molar-refractivity contribution in [3.63, 3.8) is 0 Å². The zero-order chi connectivity index (χ0) is 8.60. The van der Waals surface area contributed by atoms with Gasteiger partial charge < -0.3 is 4.74 Å². The number of aryl methyl sites for hydroxylation is 1. The van der Waals surface area contributed by atoms with Crippen LogP contribution >= 0.6 is 0 Å². The normalized spacial score (nSPS) is 19.5. The predicted molar refractivity (Wildman–Crippen MR) is 45.8 cm³/mol. The summed E-state index contributed by atoms with van der Waals surface area (Å²) in [6.07, 6.45) is 6.27. The first-order chi connectivity index (χ1) is 5.80. The Balaban J connectivity index is 2.23. The van der Waals surface area contributed by atoms with Crippen LogP contribution in [0.4, 0.5) is 0 Å². The van der Waals surface area contributed by atoms with Crippen molar-refractivity contribution in [1.82, 2.24) is 9.78 Å². The van der Waals surface area contributed by atoms with E-state index in [0.717, 1.165) is 19.4 Å². The van der Waals surface area contributed by atoms with E-state index < -0.39 is 0 Å². The van der Waals surface area contributed by atoms with Gasteiger partial charge in [-0.25, -0.2) is 0 Å². The van der Waals surface area contributed by atoms with Crippen LogP contribution in [0.2, 0.25) is 0 Å². The Morgan fingerprint density at radius 3 is 2.83 bits per heavy atom. The first-order valence-electron chi connectivity index (χ1n) is 4.39. The van der Waals surface area contributed by atoms with Gasteiger partial charge in [0.25, 0.3) is 0 Å². The molecule has 1 aromatic rings. The van der Waals surface area contributed by atoms with E-state index in [9.17, 15) is 0 Å². The molecule has 0 aliphatic heterocycles. The van der Waals surface area contributed by atoms with Crippen LogP contribution in [0.25, 0.3) is 0 Å². The van der Waals surface area contributed by atoms with Crippen LogP contribution in [0.3, 0.4) is 0 Å². The molecule has 0 spiro atoms. The van der Waals surface area contributed by atoms with Gasteiger partial charge in [0, 0.05) is 25.4 Å². The molecule has 0 N–H and O–H groups in total. The van der Waals surface area contributed by atoms with Gasteiger partial charge in [0.1, 0.15) is 0 Å². The van der Waals surface area contributed by atoms with Gasteiger partial charge in [-0.15, -0.1) is 0 Å². The molecule has 1 fully saturated rings. The Morgan fingerprint density at radius 2 is 2.42 bits per heavy atom. The molecule has 12 heavy (non-hydrogen) atoms. The topological polar surface area (TPSA) is 27.1 Å². The summed E-state index contributed by atoms with van der Waals surface area (Å²) < 4.78 is 7.38. The van der Waals surface area contributed by atoms with E-state index >= 15 is 0 Å². The summed E-state index contributed by atoms with van der Waals surface area (Å²) in [7, 11) is 1.77. The third-order valence-electron chi connectivity index (χ3n) is 2.58. The highest BCUT2D eigenvalue weighted by Gasteiger charge is 2.45. The molecule has 1 heterocycles. The Labute approximate surface area is 72.3 Å². The molecule has 0 radical (unpaired) electrons. The average Bonchev–Trinajstić information content (AvgIpc) is 2.77. The highest BCUT2D eigenvalue weighted by atomic mass is 16.5. The monoisotopic (exact) mass is 166 g/mol. The summed E-state index contributed by atoms with van der Waals surface area (Å²) in [6.45, 7) is 3.02. The zero-order valence-corrected chi connectivity index (χ0v) is 7.58. The van der Waals surface area contributed by atoms with Crippen molar-refractivity contribution in [2.45, 2.75) is 31.9 Å². The summed E-state index contributed by atoms with van der Waals surface area (Å²) in [4.78, 5) is 0. The molecule has 0 unspecified atom stereocenters. The molecule has 3 heteroatoms. The van der Waals surface area contributed by atoms with Gasteiger partial charge in [-0.05, 0) is 19.8 Å². The first-order valence-corrected chi connectivity index (χ1v) is 4.39. The molecule has 0 atom stereocenters. The van der Waals surface area contributed by atoms with Crippen LogP contribution in [0.5, 0.6) is 0 Å². The van der Waals surface area contributed by atoms with Crippen molar-refractivity contribution in [3.8, 4) is 0 Å². The molecule has 3 nitrogen and oxygen atoms in total. The van der Waals surface area contributed by atoms with Crippen LogP contribution in [0, 0.1) is 0 Å². The number of aromatic nitrogens is 2. The van der Waals surface area contributed by atoms with Crippen molar-refractivity contribution >= 4 is 0 Å². The predicted octanol–water partition coefficient (Wildman–Crippen LogP) is 1.54. The number of hydrogen-bond donors (Lipinski definition) is 0. The zero-order valence-electron chi connectivity index (χ0n) is 7.58. The maximum Gasteiger partial charge on any atom is 0.0960 e. The van der Waals surface area contributed by atoms with E-state index in [1.165, 1.54) is 5.56 Å². The van der Waals surface area contributed by atoms with Crippen LogP contribution in [-0.2, 0) is 16.9 Å². The number of ether oxygens (including phenoxy) is 1. The quantitative estimate of drug-likeness (QED) is 0.681. The van der Waals surface area contributed by atoms with E-state index in [1.54, 1.807) is 7.11 Å². The molecule has 1 aliphatic carbocycles. The Morgan fingerprint density at radius 1 is 1.67 bits per heavy atom. The number of hydrogen-bond acceptors (Lipinski definition) is 2. The van der Waals surface area contributed by atoms with Crippen molar-refractivity contribution in [3.05, 3.63) is 18.0 Å². The average molecular weight is 166 g/mol. The minimum atomic E-state index is 0.0212. The van der Waals surface area contributed by atoms with Gasteiger partial charge in [-0.3, -0.25) is 4.68 Å². The second kappa shape index (κ2) is 2.59. The Bertz CT molecular complexity index is 276. The summed E-state index contributed by atoms with van der Waals surface area (Å²) in [5, 5.41) is 4.23. The lowest BCUT2D eigenvalue weighted by Gasteiger charge is -2.09. The molecule has 1 aliphatic rings. The minimum Gasteiger partial charge on any atom is -0.373 e. The van der Waals surface area contributed by atoms with Crippen molar-refractivity contribution in [2.24, 2.45) is 0 Å². The van der Waals surface area contributed by atoms with Crippen molar-refractivity contribution in [2.75, 3.05) is 7.11 Å². The van der Waals surface area contributed by atoms with E-state index in [1.807, 2.05) is 10.9 Å². The summed E-state index contributed by atoms with van der Waals surface area (Å²) in [6, 6.07) is 0. The van der Waals surface area contributed by atoms with Crippen molar-refractivity contribution in [1.29, 1.82) is 0 Å². The second-order valence-corrected chi connectivity index (χ2v) is 3.28. The largest absolute Gasteiger partial charge is 0.373 e. The second-order valence-electron chi connectivity index (χ2n) is 3.28. The summed E-state index contributed by atoms with van der Waals surface area (Å²) in [5.41, 5.74) is 1.25. The molecule has 1 saturated carbocycles. The maximum atomic E-state index is 5.44. The van der Waals surface area contributed by atoms with Gasteiger partial charge >= 0.3 is 0 Å². The van der Waals surface area contributed by atoms with E-state index in [-0.39, 0.29) is 5.60 Å². The number of nitrogens with zero attached hydrogens (tertiary/aromatic N) is 2. The molecule has 2 rings (SSSR count). The van der Waals surface area contributed by atoms with E-state index in [0.29, 0.717) is 0 Å². The SMILES string of the molecule is CCn1cc(C2(OC)CC2)cn1. The number of methoxy groups -OCH3 is 1. The fourth-order valence-electron chi connectivity index (χ4n) is 1.50. The fraction of sp³-hybridized carbons (Fsp3) is 0.667. The molecule has 0 saturated heterocycles. The van der Waals surface area contributed by atoms with E-state index in [2.05, 4.69) is 18.2 Å². The molecular weight excluding hydrogens is 152 g/mol. The summed E-state index contributed by atoms with van der Waals surface area (Å²) >= 11 is 0. The summed E-state index contributed by atoms with van der Waals surface area (Å²) in [5.74, 6) is 0. The van der Waals surface area contributed by atoms with Gasteiger partial charge in [-0.1, -0.05) is 0 Å². The van der Waals surface area contributed by atoms with Gasteiger partial charge in [-0.2, -0.15) is 5.10 Å². The van der Waals surface area contributed by atoms with Crippen LogP contribution in [-0.4, -0.2) is 16.9 Å². The maximum absolute atomic E-state index is 5.44. The Hall–Kier alpha value is -0.830. The third kappa shape index (κ3) is 1.05. The number of rotatable bonds is 3. The molecule has 0 amide bonds. The van der Waals surface area contributed by atoms with Gasteiger partial charge in [0.15, 0.2) is 0 Å². The molecule has 0 aromatic carbocycles. The minimum absolute atomic E-state index is 0.0212. The molecule has 0 bridgehead atoms. The molecule has 1 aromatic heterocycles. The van der Waals surface area contributed by atoms with Crippen LogP contribution in [0.1, 0.15) is 25.3 Å². The lowest BCUT2D eigenvalue weighted by atomic mass is 10.2. The highest BCUT2D eigenvalue weighted by Crippen LogP contribution is 2.48. The smallest absolute Gasteiger partial charge is 0.0960 e. The highest BCUT2D eigenvalue weighted by molar-refractivity contribution is 5.22. The Kier molecular flexibility index (Phi) is 1.68. The van der Waals surface area contributed by atoms with Crippen LogP contribution < -0.4 is 0 Å².